The van der Waals surface area contributed by atoms with Gasteiger partial charge in [-0.15, -0.1) is 0 Å². The van der Waals surface area contributed by atoms with Crippen molar-refractivity contribution in [3.8, 4) is 0 Å². The third-order valence-corrected chi connectivity index (χ3v) is 4.53. The predicted molar refractivity (Wildman–Crippen MR) is 93.1 cm³/mol. The Bertz CT molecular complexity index is 880. The van der Waals surface area contributed by atoms with Crippen molar-refractivity contribution in [1.82, 2.24) is 4.98 Å². The minimum atomic E-state index is -1.17. The molecule has 1 unspecified atom stereocenters. The summed E-state index contributed by atoms with van der Waals surface area (Å²) in [5.41, 5.74) is 1.41. The molecular weight excluding hydrogens is 344 g/mol. The van der Waals surface area contributed by atoms with Crippen LogP contribution in [0.3, 0.4) is 0 Å². The highest BCUT2D eigenvalue weighted by atomic mass is 32.1. The van der Waals surface area contributed by atoms with Gasteiger partial charge in [0.2, 0.25) is 0 Å². The van der Waals surface area contributed by atoms with E-state index in [1.54, 1.807) is 18.3 Å². The van der Waals surface area contributed by atoms with Crippen LogP contribution in [-0.4, -0.2) is 15.2 Å². The summed E-state index contributed by atoms with van der Waals surface area (Å²) in [5.74, 6) is -2.03. The fraction of sp³-hybridized carbons (Fsp3) is 0.105. The smallest absolute Gasteiger partial charge is 0.137 e. The van der Waals surface area contributed by atoms with Gasteiger partial charge in [-0.25, -0.2) is 8.78 Å². The van der Waals surface area contributed by atoms with Gasteiger partial charge in [0, 0.05) is 36.0 Å². The van der Waals surface area contributed by atoms with Crippen LogP contribution in [0.15, 0.2) is 65.1 Å². The molecule has 3 nitrogen and oxygen atoms in total. The lowest BCUT2D eigenvalue weighted by Gasteiger charge is -2.18. The number of pyridine rings is 1. The fourth-order valence-corrected chi connectivity index (χ4v) is 3.19. The highest BCUT2D eigenvalue weighted by Gasteiger charge is 2.22. The van der Waals surface area contributed by atoms with E-state index in [4.69, 9.17) is 0 Å². The molecule has 3 aromatic rings. The maximum absolute atomic E-state index is 14.1. The van der Waals surface area contributed by atoms with Gasteiger partial charge in [-0.3, -0.25) is 4.98 Å². The summed E-state index contributed by atoms with van der Waals surface area (Å²) in [4.78, 5) is 3.96. The van der Waals surface area contributed by atoms with Crippen LogP contribution in [0.5, 0.6) is 0 Å². The molecule has 0 radical (unpaired) electrons. The van der Waals surface area contributed by atoms with Crippen molar-refractivity contribution >= 4 is 17.1 Å². The zero-order chi connectivity index (χ0) is 17.8. The van der Waals surface area contributed by atoms with E-state index in [1.165, 1.54) is 17.5 Å². The zero-order valence-electron chi connectivity index (χ0n) is 13.1. The Kier molecular flexibility index (Phi) is 5.21. The molecule has 0 aliphatic rings. The van der Waals surface area contributed by atoms with Crippen LogP contribution in [0.2, 0.25) is 0 Å². The van der Waals surface area contributed by atoms with Crippen molar-refractivity contribution in [2.75, 3.05) is 0 Å². The maximum atomic E-state index is 14.1. The van der Waals surface area contributed by atoms with Crippen LogP contribution in [-0.2, 0) is 6.42 Å². The largest absolute Gasteiger partial charge is 0.507 e. The van der Waals surface area contributed by atoms with Gasteiger partial charge in [0.15, 0.2) is 0 Å². The van der Waals surface area contributed by atoms with E-state index in [0.717, 1.165) is 17.7 Å². The summed E-state index contributed by atoms with van der Waals surface area (Å²) < 4.78 is 27.2. The number of benzene rings is 1. The molecular formula is C19H15F2NO2S. The molecule has 0 fully saturated rings. The Morgan fingerprint density at radius 3 is 2.68 bits per heavy atom. The van der Waals surface area contributed by atoms with E-state index < -0.39 is 23.5 Å². The number of thiophene rings is 1. The zero-order valence-corrected chi connectivity index (χ0v) is 13.9. The van der Waals surface area contributed by atoms with Crippen molar-refractivity contribution in [3.05, 3.63) is 93.4 Å². The first-order chi connectivity index (χ1) is 12.1. The molecule has 0 spiro atoms. The maximum Gasteiger partial charge on any atom is 0.137 e. The summed E-state index contributed by atoms with van der Waals surface area (Å²) in [6.45, 7) is 0. The van der Waals surface area contributed by atoms with Crippen LogP contribution < -0.4 is 0 Å². The molecule has 25 heavy (non-hydrogen) atoms. The Morgan fingerprint density at radius 2 is 2.04 bits per heavy atom. The van der Waals surface area contributed by atoms with Crippen LogP contribution >= 0.6 is 11.3 Å². The topological polar surface area (TPSA) is 53.4 Å². The van der Waals surface area contributed by atoms with E-state index in [2.05, 4.69) is 4.98 Å². The second kappa shape index (κ2) is 7.55. The van der Waals surface area contributed by atoms with Crippen molar-refractivity contribution in [3.63, 3.8) is 0 Å². The highest BCUT2D eigenvalue weighted by Crippen LogP contribution is 2.31. The fourth-order valence-electron chi connectivity index (χ4n) is 2.52. The van der Waals surface area contributed by atoms with Gasteiger partial charge in [-0.2, -0.15) is 11.3 Å². The molecule has 0 aliphatic carbocycles. The lowest BCUT2D eigenvalue weighted by molar-refractivity contribution is 0.210. The van der Waals surface area contributed by atoms with Crippen LogP contribution in [0, 0.1) is 11.6 Å². The van der Waals surface area contributed by atoms with Gasteiger partial charge in [0.05, 0.1) is 5.56 Å². The Balaban J connectivity index is 2.08. The normalized spacial score (nSPS) is 13.4. The number of nitrogens with zero attached hydrogens (tertiary/aromatic N) is 1. The molecule has 0 saturated carbocycles. The highest BCUT2D eigenvalue weighted by molar-refractivity contribution is 7.07. The number of rotatable bonds is 5. The van der Waals surface area contributed by atoms with E-state index >= 15 is 0 Å². The van der Waals surface area contributed by atoms with Crippen LogP contribution in [0.1, 0.15) is 22.8 Å². The molecule has 0 amide bonds. The summed E-state index contributed by atoms with van der Waals surface area (Å²) in [5, 5.41) is 25.1. The summed E-state index contributed by atoms with van der Waals surface area (Å²) in [6.07, 6.45) is 2.10. The van der Waals surface area contributed by atoms with Gasteiger partial charge in [-0.1, -0.05) is 6.07 Å². The Labute approximate surface area is 147 Å². The Hall–Kier alpha value is -2.57. The number of halogens is 2. The molecule has 2 aromatic heterocycles. The van der Waals surface area contributed by atoms with Crippen molar-refractivity contribution in [1.29, 1.82) is 0 Å². The second-order valence-electron chi connectivity index (χ2n) is 5.50. The summed E-state index contributed by atoms with van der Waals surface area (Å²) in [7, 11) is 0. The van der Waals surface area contributed by atoms with Crippen molar-refractivity contribution in [2.24, 2.45) is 0 Å². The van der Waals surface area contributed by atoms with Crippen LogP contribution in [0.4, 0.5) is 8.78 Å². The van der Waals surface area contributed by atoms with Gasteiger partial charge < -0.3 is 10.2 Å². The lowest BCUT2D eigenvalue weighted by Crippen LogP contribution is -2.08. The third kappa shape index (κ3) is 3.92. The average Bonchev–Trinajstić information content (AvgIpc) is 3.12. The van der Waals surface area contributed by atoms with E-state index in [9.17, 15) is 19.0 Å². The first-order valence-corrected chi connectivity index (χ1v) is 8.47. The molecule has 0 saturated heterocycles. The van der Waals surface area contributed by atoms with E-state index in [1.807, 2.05) is 16.8 Å². The average molecular weight is 359 g/mol. The molecule has 0 aliphatic heterocycles. The number of aromatic nitrogens is 1. The molecule has 128 valence electrons. The predicted octanol–water partition coefficient (Wildman–Crippen LogP) is 4.67. The molecule has 1 aromatic carbocycles. The standard InChI is InChI=1S/C19H15F2NO2S/c20-14-3-4-15(17(21)9-14)19(24)16(8-12-5-7-25-11-12)18(23)13-2-1-6-22-10-13/h1-7,9-11,18,23-24H,8H2/b19-16+. The first-order valence-electron chi connectivity index (χ1n) is 7.52. The van der Waals surface area contributed by atoms with Gasteiger partial charge in [-0.05, 0) is 40.6 Å². The monoisotopic (exact) mass is 359 g/mol. The molecule has 6 heteroatoms. The van der Waals surface area contributed by atoms with E-state index in [-0.39, 0.29) is 17.6 Å². The number of hydrogen-bond acceptors (Lipinski definition) is 4. The summed E-state index contributed by atoms with van der Waals surface area (Å²) in [6, 6.07) is 8.10. The van der Waals surface area contributed by atoms with Crippen molar-refractivity contribution < 1.29 is 19.0 Å². The molecule has 2 N–H and O–H groups in total. The van der Waals surface area contributed by atoms with Gasteiger partial charge in [0.1, 0.15) is 23.5 Å². The molecule has 3 rings (SSSR count). The van der Waals surface area contributed by atoms with E-state index in [0.29, 0.717) is 11.6 Å². The lowest BCUT2D eigenvalue weighted by atomic mass is 9.94. The van der Waals surface area contributed by atoms with Gasteiger partial charge in [0.25, 0.3) is 0 Å². The molecule has 1 atom stereocenters. The number of hydrogen-bond donors (Lipinski definition) is 2. The SMILES string of the molecule is O/C(=C(\Cc1ccsc1)C(O)c1cccnc1)c1ccc(F)cc1F. The molecule has 2 heterocycles. The van der Waals surface area contributed by atoms with Crippen molar-refractivity contribution in [2.45, 2.75) is 12.5 Å². The Morgan fingerprint density at radius 1 is 1.20 bits per heavy atom. The summed E-state index contributed by atoms with van der Waals surface area (Å²) >= 11 is 1.48. The van der Waals surface area contributed by atoms with Gasteiger partial charge >= 0.3 is 0 Å². The minimum Gasteiger partial charge on any atom is -0.507 e. The van der Waals surface area contributed by atoms with Crippen LogP contribution in [0.25, 0.3) is 5.76 Å². The molecule has 0 bridgehead atoms. The number of aliphatic hydroxyl groups excluding tert-OH is 2. The first kappa shape index (κ1) is 17.3. The second-order valence-corrected chi connectivity index (χ2v) is 6.28. The quantitative estimate of drug-likeness (QED) is 0.651. The number of aliphatic hydroxyl groups is 2. The minimum absolute atomic E-state index is 0.158. The third-order valence-electron chi connectivity index (χ3n) is 3.80.